The molecule has 31 nitrogen and oxygen atoms in total. The fourth-order valence-electron chi connectivity index (χ4n) is 8.46. The summed E-state index contributed by atoms with van der Waals surface area (Å²) >= 11 is 0. The number of aryl methyl sites for hydroxylation is 2. The molecule has 0 saturated heterocycles. The van der Waals surface area contributed by atoms with E-state index in [-0.39, 0.29) is 116 Å². The average molecular weight is 1360 g/mol. The van der Waals surface area contributed by atoms with Crippen LogP contribution in [0.3, 0.4) is 0 Å². The van der Waals surface area contributed by atoms with Gasteiger partial charge in [-0.1, -0.05) is 30.3 Å². The molecule has 2 rings (SSSR count). The molecule has 94 heavy (non-hydrogen) atoms. The quantitative estimate of drug-likeness (QED) is 0.0188. The number of carbonyl (C=O) groups is 4. The van der Waals surface area contributed by atoms with E-state index in [4.69, 9.17) is 98.3 Å². The van der Waals surface area contributed by atoms with Crippen molar-refractivity contribution in [3.8, 4) is 5.75 Å². The van der Waals surface area contributed by atoms with Crippen molar-refractivity contribution in [2.45, 2.75) is 83.0 Å². The van der Waals surface area contributed by atoms with E-state index in [0.717, 1.165) is 5.56 Å². The predicted molar refractivity (Wildman–Crippen MR) is 349 cm³/mol. The molecule has 0 aliphatic heterocycles. The maximum atomic E-state index is 14.5. The lowest BCUT2D eigenvalue weighted by Crippen LogP contribution is -2.58. The summed E-state index contributed by atoms with van der Waals surface area (Å²) in [5.74, 6) is -3.00. The molecular formula is C62H110N9O22P. The van der Waals surface area contributed by atoms with Gasteiger partial charge in [-0.25, -0.2) is 9.65 Å². The largest absolute Gasteiger partial charge is 0.508 e. The van der Waals surface area contributed by atoms with Crippen LogP contribution in [0.15, 0.2) is 47.5 Å². The van der Waals surface area contributed by atoms with Gasteiger partial charge in [0.05, 0.1) is 191 Å². The summed E-state index contributed by atoms with van der Waals surface area (Å²) in [6.07, 6.45) is 1.10. The highest BCUT2D eigenvalue weighted by Crippen LogP contribution is 2.43. The number of hydrogen-bond acceptors (Lipinski definition) is 24. The van der Waals surface area contributed by atoms with Gasteiger partial charge >= 0.3 is 7.75 Å². The molecule has 32 heteroatoms. The van der Waals surface area contributed by atoms with Gasteiger partial charge in [0.25, 0.3) is 0 Å². The predicted octanol–water partition coefficient (Wildman–Crippen LogP) is 0.508. The van der Waals surface area contributed by atoms with Crippen molar-refractivity contribution in [1.29, 1.82) is 0 Å². The number of phenolic OH excluding ortho intramolecular Hbond substituents is 1. The first kappa shape index (κ1) is 85.0. The summed E-state index contributed by atoms with van der Waals surface area (Å²) in [5, 5.41) is 21.5. The number of methoxy groups -OCH3 is 2. The number of nitrogens with one attached hydrogen (secondary N) is 4. The van der Waals surface area contributed by atoms with Crippen LogP contribution < -0.4 is 44.0 Å². The van der Waals surface area contributed by atoms with Gasteiger partial charge in [-0.05, 0) is 80.3 Å². The fraction of sp³-hybridized carbons (Fsp3) is 0.726. The van der Waals surface area contributed by atoms with Gasteiger partial charge < -0.3 is 110 Å². The standard InChI is InChI=1S/C62H110N9O22P/c1-49-45-52(72)46-50(2)53(49)48-57(71-59(74)54(63)13-10-15-67-62(65)66)61(76)69-55(60(75)70-56(58(64)73)47-51-11-6-5-7-12-51)14-8-9-16-68-94(77,92-43-41-90-39-37-88-35-33-86-31-29-84-27-25-82-23-21-80-19-17-78-3)93-44-42-91-40-38-89-36-34-87-32-30-85-28-26-83-24-22-81-20-18-79-4/h5-7,11-12,45-46,54-57,72H,8-10,13-44,47-48,63H2,1-4H3,(H2,64,73)(H,68,77)(H,69,76)(H,70,75)(H,71,74)(H4,65,66,67)/t54-,55+,56+,57+/m1/s1. The summed E-state index contributed by atoms with van der Waals surface area (Å²) in [7, 11) is -0.776. The number of guanidine groups is 1. The Morgan fingerprint density at radius 2 is 0.851 bits per heavy atom. The van der Waals surface area contributed by atoms with E-state index in [2.05, 4.69) is 26.0 Å². The molecule has 2 aromatic carbocycles. The molecule has 0 saturated carbocycles. The van der Waals surface area contributed by atoms with Gasteiger partial charge in [0, 0.05) is 40.2 Å². The average Bonchev–Trinajstić information content (AvgIpc) is 0.853. The van der Waals surface area contributed by atoms with Gasteiger partial charge in [0.1, 0.15) is 23.9 Å². The molecule has 4 amide bonds. The number of benzene rings is 2. The molecule has 4 atom stereocenters. The first-order valence-corrected chi connectivity index (χ1v) is 33.5. The third-order valence-electron chi connectivity index (χ3n) is 13.4. The number of aromatic hydroxyl groups is 1. The summed E-state index contributed by atoms with van der Waals surface area (Å²) < 4.78 is 102. The van der Waals surface area contributed by atoms with Crippen LogP contribution in [0.4, 0.5) is 0 Å². The van der Waals surface area contributed by atoms with Crippen molar-refractivity contribution in [3.63, 3.8) is 0 Å². The van der Waals surface area contributed by atoms with Crippen LogP contribution in [0, 0.1) is 13.8 Å². The molecule has 0 bridgehead atoms. The number of rotatable bonds is 65. The number of nitrogens with zero attached hydrogens (tertiary/aromatic N) is 1. The number of phenols is 1. The zero-order valence-corrected chi connectivity index (χ0v) is 56.6. The second-order valence-corrected chi connectivity index (χ2v) is 22.8. The minimum absolute atomic E-state index is 0.00407. The Morgan fingerprint density at radius 3 is 1.24 bits per heavy atom. The maximum absolute atomic E-state index is 14.5. The Hall–Kier alpha value is -5.10. The topological polar surface area (TPSA) is 418 Å². The third-order valence-corrected chi connectivity index (χ3v) is 15.0. The van der Waals surface area contributed by atoms with Crippen molar-refractivity contribution in [1.82, 2.24) is 21.0 Å². The Kier molecular flexibility index (Phi) is 51.5. The molecule has 0 spiro atoms. The first-order valence-electron chi connectivity index (χ1n) is 32.0. The van der Waals surface area contributed by atoms with Gasteiger partial charge in [-0.15, -0.1) is 0 Å². The third kappa shape index (κ3) is 45.4. The number of ether oxygens (including phenoxy) is 14. The van der Waals surface area contributed by atoms with Crippen LogP contribution in [0.25, 0.3) is 0 Å². The van der Waals surface area contributed by atoms with Crippen LogP contribution in [-0.4, -0.2) is 271 Å². The van der Waals surface area contributed by atoms with Crippen LogP contribution in [0.5, 0.6) is 5.75 Å². The van der Waals surface area contributed by atoms with Gasteiger partial charge in [-0.3, -0.25) is 33.2 Å². The second kappa shape index (κ2) is 57.0. The minimum Gasteiger partial charge on any atom is -0.508 e. The van der Waals surface area contributed by atoms with Gasteiger partial charge in [0.2, 0.25) is 23.6 Å². The Balaban J connectivity index is 2.05. The van der Waals surface area contributed by atoms with Crippen molar-refractivity contribution < 1.29 is 104 Å². The maximum Gasteiger partial charge on any atom is 0.405 e. The smallest absolute Gasteiger partial charge is 0.405 e. The van der Waals surface area contributed by atoms with Gasteiger partial charge in [-0.2, -0.15) is 0 Å². The number of unbranched alkanes of at least 4 members (excludes halogenated alkanes) is 1. The lowest BCUT2D eigenvalue weighted by atomic mass is 9.95. The van der Waals surface area contributed by atoms with Crippen LogP contribution in [0.2, 0.25) is 0 Å². The molecule has 13 N–H and O–H groups in total. The summed E-state index contributed by atoms with van der Waals surface area (Å²) in [6, 6.07) is 7.25. The number of hydrogen-bond donors (Lipinski definition) is 9. The monoisotopic (exact) mass is 1360 g/mol. The minimum atomic E-state index is -4.01. The van der Waals surface area contributed by atoms with Crippen molar-refractivity contribution >= 4 is 37.3 Å². The van der Waals surface area contributed by atoms with Crippen molar-refractivity contribution in [2.24, 2.45) is 27.9 Å². The molecule has 2 aromatic rings. The zero-order valence-electron chi connectivity index (χ0n) is 55.7. The number of carbonyl (C=O) groups excluding carboxylic acids is 4. The Labute approximate surface area is 554 Å². The fourth-order valence-corrected chi connectivity index (χ4v) is 9.78. The zero-order chi connectivity index (χ0) is 68.5. The Bertz CT molecular complexity index is 2270. The highest BCUT2D eigenvalue weighted by Gasteiger charge is 2.32. The molecule has 0 aliphatic rings. The molecule has 0 aliphatic carbocycles. The van der Waals surface area contributed by atoms with E-state index in [1.165, 1.54) is 12.1 Å². The molecular weight excluding hydrogens is 1250 g/mol. The molecule has 0 heterocycles. The summed E-state index contributed by atoms with van der Waals surface area (Å²) in [4.78, 5) is 59.2. The lowest BCUT2D eigenvalue weighted by Gasteiger charge is -2.26. The molecule has 0 radical (unpaired) electrons. The first-order chi connectivity index (χ1) is 45.6. The van der Waals surface area contributed by atoms with Crippen LogP contribution >= 0.6 is 7.75 Å². The van der Waals surface area contributed by atoms with Crippen LogP contribution in [0.1, 0.15) is 54.4 Å². The van der Waals surface area contributed by atoms with E-state index < -0.39 is 55.5 Å². The summed E-state index contributed by atoms with van der Waals surface area (Å²) in [6.45, 7) is 13.5. The number of primary amides is 1. The van der Waals surface area contributed by atoms with E-state index >= 15 is 0 Å². The number of aliphatic imine (C=N–C) groups is 1. The highest BCUT2D eigenvalue weighted by molar-refractivity contribution is 7.51. The number of nitrogens with two attached hydrogens (primary N) is 4. The van der Waals surface area contributed by atoms with Crippen LogP contribution in [-0.2, 0) is 112 Å². The van der Waals surface area contributed by atoms with Crippen molar-refractivity contribution in [3.05, 3.63) is 64.7 Å². The van der Waals surface area contributed by atoms with Gasteiger partial charge in [0.15, 0.2) is 5.96 Å². The van der Waals surface area contributed by atoms with E-state index in [1.807, 2.05) is 6.07 Å². The lowest BCUT2D eigenvalue weighted by molar-refractivity contribution is -0.133. The van der Waals surface area contributed by atoms with Crippen molar-refractivity contribution in [2.75, 3.05) is 212 Å². The molecule has 0 aromatic heterocycles. The summed E-state index contributed by atoms with van der Waals surface area (Å²) in [5.41, 5.74) is 25.7. The highest BCUT2D eigenvalue weighted by atomic mass is 31.2. The van der Waals surface area contributed by atoms with E-state index in [0.29, 0.717) is 155 Å². The SMILES string of the molecule is COCCOCCOCCOCCOCCOCCOCCOP(=O)(NCCCC[C@H](NC(=O)[C@H](Cc1c(C)cc(O)cc1C)NC(=O)[C@H](N)CCCN=C(N)N)C(=O)N[C@@H](Cc1ccccc1)C(N)=O)OCCOCCOCCOCCOCCOCCOCCOC. The van der Waals surface area contributed by atoms with E-state index in [9.17, 15) is 28.8 Å². The second-order valence-electron chi connectivity index (χ2n) is 21.0. The molecule has 540 valence electrons. The van der Waals surface area contributed by atoms with E-state index in [1.54, 1.807) is 52.3 Å². The normalized spacial score (nSPS) is 12.9. The number of amides is 4. The molecule has 0 fully saturated rings. The Morgan fingerprint density at radius 1 is 0.479 bits per heavy atom. The molecule has 0 unspecified atom stereocenters.